The number of carboxylic acids is 1. The normalized spacial score (nSPS) is 11.4. The molecule has 0 saturated carbocycles. The van der Waals surface area contributed by atoms with Crippen molar-refractivity contribution in [3.05, 3.63) is 23.9 Å². The second-order valence-corrected chi connectivity index (χ2v) is 6.80. The van der Waals surface area contributed by atoms with E-state index >= 15 is 0 Å². The third-order valence-electron chi connectivity index (χ3n) is 2.07. The average Bonchev–Trinajstić information content (AvgIpc) is 2.29. The Hall–Kier alpha value is -1.08. The van der Waals surface area contributed by atoms with Gasteiger partial charge in [-0.15, -0.1) is 11.8 Å². The van der Waals surface area contributed by atoms with Crippen LogP contribution < -0.4 is 0 Å². The Morgan fingerprint density at radius 3 is 2.82 bits per heavy atom. The predicted octanol–water partition coefficient (Wildman–Crippen LogP) is 1.31. The smallest absolute Gasteiger partial charge is 0.338 e. The van der Waals surface area contributed by atoms with Gasteiger partial charge in [0.25, 0.3) is 0 Å². The highest BCUT2D eigenvalue weighted by molar-refractivity contribution is 8.00. The van der Waals surface area contributed by atoms with Crippen LogP contribution in [-0.2, 0) is 9.84 Å². The first-order valence-electron chi connectivity index (χ1n) is 4.98. The predicted molar refractivity (Wildman–Crippen MR) is 66.2 cm³/mol. The van der Waals surface area contributed by atoms with Crippen molar-refractivity contribution in [3.8, 4) is 0 Å². The Morgan fingerprint density at radius 2 is 2.24 bits per heavy atom. The molecule has 1 rings (SSSR count). The lowest BCUT2D eigenvalue weighted by atomic mass is 10.3. The van der Waals surface area contributed by atoms with E-state index in [0.717, 1.165) is 11.8 Å². The number of hydrogen-bond acceptors (Lipinski definition) is 5. The number of hydrogen-bond donors (Lipinski definition) is 1. The first-order valence-corrected chi connectivity index (χ1v) is 7.78. The number of pyridine rings is 1. The minimum atomic E-state index is -3.02. The zero-order chi connectivity index (χ0) is 12.9. The Kier molecular flexibility index (Phi) is 4.95. The summed E-state index contributed by atoms with van der Waals surface area (Å²) in [5.74, 6) is -0.613. The van der Waals surface area contributed by atoms with Gasteiger partial charge in [0, 0.05) is 17.7 Å². The Labute approximate surface area is 104 Å². The molecule has 0 aromatic carbocycles. The standard InChI is InChI=1S/C10H13NO4S2/c1-2-17(14,15)7-6-16-9-8(10(12)13)4-3-5-11-9/h3-5H,2,6-7H2,1H3,(H,12,13). The molecule has 0 fully saturated rings. The molecule has 1 aromatic rings. The Balaban J connectivity index is 2.67. The molecule has 5 nitrogen and oxygen atoms in total. The zero-order valence-electron chi connectivity index (χ0n) is 9.29. The monoisotopic (exact) mass is 275 g/mol. The largest absolute Gasteiger partial charge is 0.478 e. The highest BCUT2D eigenvalue weighted by Gasteiger charge is 2.13. The van der Waals surface area contributed by atoms with Gasteiger partial charge in [0.1, 0.15) is 5.03 Å². The van der Waals surface area contributed by atoms with Gasteiger partial charge >= 0.3 is 5.97 Å². The fraction of sp³-hybridized carbons (Fsp3) is 0.400. The summed E-state index contributed by atoms with van der Waals surface area (Å²) in [5.41, 5.74) is 0.103. The molecule has 0 bridgehead atoms. The summed E-state index contributed by atoms with van der Waals surface area (Å²) >= 11 is 1.15. The van der Waals surface area contributed by atoms with E-state index in [9.17, 15) is 13.2 Å². The molecule has 17 heavy (non-hydrogen) atoms. The first kappa shape index (κ1) is 14.0. The SMILES string of the molecule is CCS(=O)(=O)CCSc1ncccc1C(=O)O. The van der Waals surface area contributed by atoms with Crippen molar-refractivity contribution < 1.29 is 18.3 Å². The van der Waals surface area contributed by atoms with Crippen LogP contribution >= 0.6 is 11.8 Å². The molecule has 0 aliphatic rings. The molecule has 0 unspecified atom stereocenters. The maximum absolute atomic E-state index is 11.3. The van der Waals surface area contributed by atoms with Crippen molar-refractivity contribution in [3.63, 3.8) is 0 Å². The van der Waals surface area contributed by atoms with E-state index in [0.29, 0.717) is 10.8 Å². The van der Waals surface area contributed by atoms with E-state index in [4.69, 9.17) is 5.11 Å². The van der Waals surface area contributed by atoms with E-state index in [2.05, 4.69) is 4.98 Å². The molecule has 1 aromatic heterocycles. The van der Waals surface area contributed by atoms with Crippen LogP contribution in [0.4, 0.5) is 0 Å². The van der Waals surface area contributed by atoms with Gasteiger partial charge in [-0.1, -0.05) is 6.92 Å². The van der Waals surface area contributed by atoms with Gasteiger partial charge < -0.3 is 5.11 Å². The second-order valence-electron chi connectivity index (χ2n) is 3.25. The topological polar surface area (TPSA) is 84.3 Å². The van der Waals surface area contributed by atoms with Crippen LogP contribution in [0.25, 0.3) is 0 Å². The third kappa shape index (κ3) is 4.35. The second kappa shape index (κ2) is 6.02. The van der Waals surface area contributed by atoms with Crippen molar-refractivity contribution in [2.24, 2.45) is 0 Å². The zero-order valence-corrected chi connectivity index (χ0v) is 10.9. The van der Waals surface area contributed by atoms with Crippen LogP contribution in [0.3, 0.4) is 0 Å². The lowest BCUT2D eigenvalue weighted by molar-refractivity contribution is 0.0692. The highest BCUT2D eigenvalue weighted by atomic mass is 32.2. The van der Waals surface area contributed by atoms with E-state index in [-0.39, 0.29) is 17.1 Å². The fourth-order valence-corrected chi connectivity index (χ4v) is 3.36. The van der Waals surface area contributed by atoms with Crippen molar-refractivity contribution >= 4 is 27.6 Å². The van der Waals surface area contributed by atoms with Crippen molar-refractivity contribution in [2.75, 3.05) is 17.3 Å². The number of aromatic carboxylic acids is 1. The average molecular weight is 275 g/mol. The molecule has 7 heteroatoms. The maximum atomic E-state index is 11.3. The molecule has 0 spiro atoms. The molecular weight excluding hydrogens is 262 g/mol. The lowest BCUT2D eigenvalue weighted by Gasteiger charge is -2.04. The van der Waals surface area contributed by atoms with Gasteiger partial charge in [-0.2, -0.15) is 0 Å². The number of carboxylic acid groups (broad SMARTS) is 1. The summed E-state index contributed by atoms with van der Waals surface area (Å²) < 4.78 is 22.5. The van der Waals surface area contributed by atoms with Crippen LogP contribution in [0.15, 0.2) is 23.4 Å². The molecule has 0 aliphatic heterocycles. The van der Waals surface area contributed by atoms with Gasteiger partial charge in [-0.3, -0.25) is 0 Å². The Bertz CT molecular complexity index is 499. The molecule has 1 heterocycles. The van der Waals surface area contributed by atoms with Crippen molar-refractivity contribution in [1.82, 2.24) is 4.98 Å². The molecule has 0 amide bonds. The summed E-state index contributed by atoms with van der Waals surface area (Å²) in [6.45, 7) is 1.59. The van der Waals surface area contributed by atoms with Crippen LogP contribution in [0.2, 0.25) is 0 Å². The van der Waals surface area contributed by atoms with Gasteiger partial charge in [0.15, 0.2) is 9.84 Å². The van der Waals surface area contributed by atoms with Crippen LogP contribution in [0, 0.1) is 0 Å². The Morgan fingerprint density at radius 1 is 1.53 bits per heavy atom. The van der Waals surface area contributed by atoms with Crippen LogP contribution in [-0.4, -0.2) is 41.7 Å². The summed E-state index contributed by atoms with van der Waals surface area (Å²) in [7, 11) is -3.02. The van der Waals surface area contributed by atoms with Gasteiger partial charge in [-0.05, 0) is 12.1 Å². The molecule has 0 atom stereocenters. The van der Waals surface area contributed by atoms with Crippen LogP contribution in [0.5, 0.6) is 0 Å². The van der Waals surface area contributed by atoms with Crippen molar-refractivity contribution in [2.45, 2.75) is 11.9 Å². The molecule has 0 saturated heterocycles. The van der Waals surface area contributed by atoms with E-state index in [1.807, 2.05) is 0 Å². The number of thioether (sulfide) groups is 1. The van der Waals surface area contributed by atoms with Gasteiger partial charge in [0.05, 0.1) is 11.3 Å². The minimum absolute atomic E-state index is 0.0315. The van der Waals surface area contributed by atoms with E-state index in [1.165, 1.54) is 18.3 Å². The first-order chi connectivity index (χ1) is 7.96. The summed E-state index contributed by atoms with van der Waals surface area (Å²) in [4.78, 5) is 14.8. The maximum Gasteiger partial charge on any atom is 0.338 e. The molecule has 0 radical (unpaired) electrons. The number of carbonyl (C=O) groups is 1. The lowest BCUT2D eigenvalue weighted by Crippen LogP contribution is -2.11. The number of sulfone groups is 1. The summed E-state index contributed by atoms with van der Waals surface area (Å²) in [6.07, 6.45) is 1.49. The quantitative estimate of drug-likeness (QED) is 0.788. The summed E-state index contributed by atoms with van der Waals surface area (Å²) in [6, 6.07) is 2.99. The van der Waals surface area contributed by atoms with Gasteiger partial charge in [-0.25, -0.2) is 18.2 Å². The fourth-order valence-electron chi connectivity index (χ4n) is 1.08. The molecule has 94 valence electrons. The van der Waals surface area contributed by atoms with E-state index < -0.39 is 15.8 Å². The number of rotatable bonds is 6. The highest BCUT2D eigenvalue weighted by Crippen LogP contribution is 2.20. The van der Waals surface area contributed by atoms with Crippen molar-refractivity contribution in [1.29, 1.82) is 0 Å². The number of aromatic nitrogens is 1. The third-order valence-corrected chi connectivity index (χ3v) is 5.05. The minimum Gasteiger partial charge on any atom is -0.478 e. The molecule has 0 aliphatic carbocycles. The van der Waals surface area contributed by atoms with Crippen LogP contribution in [0.1, 0.15) is 17.3 Å². The van der Waals surface area contributed by atoms with Gasteiger partial charge in [0.2, 0.25) is 0 Å². The molecular formula is C10H13NO4S2. The summed E-state index contributed by atoms with van der Waals surface area (Å²) in [5, 5.41) is 9.25. The molecule has 1 N–H and O–H groups in total. The van der Waals surface area contributed by atoms with E-state index in [1.54, 1.807) is 6.92 Å². The number of nitrogens with zero attached hydrogens (tertiary/aromatic N) is 1.